The second kappa shape index (κ2) is 7.46. The number of piperazine rings is 1. The van der Waals surface area contributed by atoms with Crippen LogP contribution in [0.25, 0.3) is 0 Å². The number of carbonyl (C=O) groups excluding carboxylic acids is 2. The summed E-state index contributed by atoms with van der Waals surface area (Å²) in [7, 11) is 1.60. The second-order valence-electron chi connectivity index (χ2n) is 5.94. The van der Waals surface area contributed by atoms with Crippen LogP contribution < -0.4 is 10.5 Å². The highest BCUT2D eigenvalue weighted by Crippen LogP contribution is 2.20. The van der Waals surface area contributed by atoms with E-state index in [-0.39, 0.29) is 17.7 Å². The van der Waals surface area contributed by atoms with Crippen molar-refractivity contribution >= 4 is 11.8 Å². The van der Waals surface area contributed by atoms with E-state index in [1.54, 1.807) is 23.0 Å². The molecule has 1 atom stereocenters. The van der Waals surface area contributed by atoms with Gasteiger partial charge in [0.2, 0.25) is 5.91 Å². The van der Waals surface area contributed by atoms with Gasteiger partial charge in [0, 0.05) is 44.2 Å². The first-order chi connectivity index (χ1) is 11.0. The quantitative estimate of drug-likeness (QED) is 0.894. The monoisotopic (exact) mass is 319 g/mol. The lowest BCUT2D eigenvalue weighted by Gasteiger charge is -2.36. The highest BCUT2D eigenvalue weighted by atomic mass is 16.5. The van der Waals surface area contributed by atoms with E-state index in [1.165, 1.54) is 0 Å². The van der Waals surface area contributed by atoms with Crippen molar-refractivity contribution in [2.45, 2.75) is 13.8 Å². The maximum atomic E-state index is 12.6. The van der Waals surface area contributed by atoms with E-state index >= 15 is 0 Å². The zero-order valence-electron chi connectivity index (χ0n) is 14.0. The molecule has 0 saturated carbocycles. The molecular formula is C17H25N3O3. The summed E-state index contributed by atoms with van der Waals surface area (Å²) in [5, 5.41) is 0. The van der Waals surface area contributed by atoms with Crippen molar-refractivity contribution in [2.24, 2.45) is 11.7 Å². The average molecular weight is 319 g/mol. The molecule has 1 aromatic carbocycles. The topological polar surface area (TPSA) is 75.9 Å². The Morgan fingerprint density at radius 1 is 1.22 bits per heavy atom. The van der Waals surface area contributed by atoms with Gasteiger partial charge in [0.25, 0.3) is 5.91 Å². The number of methoxy groups -OCH3 is 1. The molecule has 1 aliphatic rings. The molecule has 2 amide bonds. The molecule has 1 saturated heterocycles. The Morgan fingerprint density at radius 2 is 1.83 bits per heavy atom. The molecule has 1 aliphatic heterocycles. The Kier molecular flexibility index (Phi) is 5.60. The Balaban J connectivity index is 2.00. The summed E-state index contributed by atoms with van der Waals surface area (Å²) in [5.41, 5.74) is 7.16. The lowest BCUT2D eigenvalue weighted by molar-refractivity contribution is -0.136. The standard InChI is InChI=1S/C17H25N3O3/c1-12-4-5-14(10-15(12)23-3)17(22)20-8-6-19(7-9-20)16(21)13(2)11-18/h4-5,10,13H,6-9,11,18H2,1-3H3. The molecule has 0 bridgehead atoms. The van der Waals surface area contributed by atoms with Crippen LogP contribution in [0.2, 0.25) is 0 Å². The fraction of sp³-hybridized carbons (Fsp3) is 0.529. The number of carbonyl (C=O) groups is 2. The number of nitrogens with zero attached hydrogens (tertiary/aromatic N) is 2. The minimum Gasteiger partial charge on any atom is -0.496 e. The van der Waals surface area contributed by atoms with Crippen LogP contribution in [0.1, 0.15) is 22.8 Å². The van der Waals surface area contributed by atoms with E-state index in [4.69, 9.17) is 10.5 Å². The van der Waals surface area contributed by atoms with Gasteiger partial charge in [-0.1, -0.05) is 13.0 Å². The van der Waals surface area contributed by atoms with Gasteiger partial charge in [0.1, 0.15) is 5.75 Å². The minimum atomic E-state index is -0.168. The van der Waals surface area contributed by atoms with Crippen molar-refractivity contribution in [3.8, 4) is 5.75 Å². The third-order valence-corrected chi connectivity index (χ3v) is 4.31. The van der Waals surface area contributed by atoms with Crippen LogP contribution in [0.3, 0.4) is 0 Å². The van der Waals surface area contributed by atoms with Gasteiger partial charge in [-0.25, -0.2) is 0 Å². The molecule has 0 radical (unpaired) electrons. The van der Waals surface area contributed by atoms with E-state index in [0.717, 1.165) is 5.56 Å². The molecule has 1 unspecified atom stereocenters. The van der Waals surface area contributed by atoms with Crippen molar-refractivity contribution in [1.82, 2.24) is 9.80 Å². The molecule has 1 aromatic rings. The van der Waals surface area contributed by atoms with E-state index in [2.05, 4.69) is 0 Å². The molecule has 1 heterocycles. The van der Waals surface area contributed by atoms with Crippen molar-refractivity contribution in [3.63, 3.8) is 0 Å². The van der Waals surface area contributed by atoms with E-state index in [1.807, 2.05) is 26.0 Å². The van der Waals surface area contributed by atoms with Crippen LogP contribution in [-0.2, 0) is 4.79 Å². The highest BCUT2D eigenvalue weighted by Gasteiger charge is 2.27. The van der Waals surface area contributed by atoms with Gasteiger partial charge in [0.05, 0.1) is 7.11 Å². The van der Waals surface area contributed by atoms with Gasteiger partial charge >= 0.3 is 0 Å². The lowest BCUT2D eigenvalue weighted by Crippen LogP contribution is -2.52. The van der Waals surface area contributed by atoms with Gasteiger partial charge < -0.3 is 20.3 Å². The molecule has 23 heavy (non-hydrogen) atoms. The maximum absolute atomic E-state index is 12.6. The second-order valence-corrected chi connectivity index (χ2v) is 5.94. The molecule has 6 heteroatoms. The van der Waals surface area contributed by atoms with E-state index in [9.17, 15) is 9.59 Å². The van der Waals surface area contributed by atoms with Crippen LogP contribution in [0.5, 0.6) is 5.75 Å². The first kappa shape index (κ1) is 17.3. The average Bonchev–Trinajstić information content (AvgIpc) is 2.60. The molecule has 126 valence electrons. The van der Waals surface area contributed by atoms with Gasteiger partial charge in [-0.05, 0) is 24.6 Å². The van der Waals surface area contributed by atoms with Crippen molar-refractivity contribution in [3.05, 3.63) is 29.3 Å². The Morgan fingerprint density at radius 3 is 2.39 bits per heavy atom. The fourth-order valence-electron chi connectivity index (χ4n) is 2.68. The summed E-state index contributed by atoms with van der Waals surface area (Å²) in [6, 6.07) is 5.47. The zero-order chi connectivity index (χ0) is 17.0. The summed E-state index contributed by atoms with van der Waals surface area (Å²) in [4.78, 5) is 28.3. The first-order valence-corrected chi connectivity index (χ1v) is 7.90. The number of nitrogens with two attached hydrogens (primary N) is 1. The lowest BCUT2D eigenvalue weighted by atomic mass is 10.1. The minimum absolute atomic E-state index is 0.0257. The molecule has 2 rings (SSSR count). The van der Waals surface area contributed by atoms with Gasteiger partial charge in [0.15, 0.2) is 0 Å². The number of benzene rings is 1. The number of amides is 2. The van der Waals surface area contributed by atoms with Crippen molar-refractivity contribution in [2.75, 3.05) is 39.8 Å². The molecule has 0 aliphatic carbocycles. The Hall–Kier alpha value is -2.08. The van der Waals surface area contributed by atoms with Crippen LogP contribution in [0.15, 0.2) is 18.2 Å². The van der Waals surface area contributed by atoms with Crippen molar-refractivity contribution in [1.29, 1.82) is 0 Å². The first-order valence-electron chi connectivity index (χ1n) is 7.90. The largest absolute Gasteiger partial charge is 0.496 e. The fourth-order valence-corrected chi connectivity index (χ4v) is 2.68. The Bertz CT molecular complexity index is 580. The maximum Gasteiger partial charge on any atom is 0.254 e. The number of ether oxygens (including phenoxy) is 1. The summed E-state index contributed by atoms with van der Waals surface area (Å²) in [6.07, 6.45) is 0. The van der Waals surface area contributed by atoms with E-state index in [0.29, 0.717) is 44.0 Å². The summed E-state index contributed by atoms with van der Waals surface area (Å²) in [5.74, 6) is 0.582. The van der Waals surface area contributed by atoms with Crippen LogP contribution in [0.4, 0.5) is 0 Å². The number of aryl methyl sites for hydroxylation is 1. The number of rotatable bonds is 4. The number of hydrogen-bond acceptors (Lipinski definition) is 4. The van der Waals surface area contributed by atoms with Crippen LogP contribution in [0, 0.1) is 12.8 Å². The molecule has 2 N–H and O–H groups in total. The summed E-state index contributed by atoms with van der Waals surface area (Å²) < 4.78 is 5.27. The van der Waals surface area contributed by atoms with Gasteiger partial charge in [-0.15, -0.1) is 0 Å². The SMILES string of the molecule is COc1cc(C(=O)N2CCN(C(=O)C(C)CN)CC2)ccc1C. The van der Waals surface area contributed by atoms with Crippen molar-refractivity contribution < 1.29 is 14.3 Å². The molecule has 0 spiro atoms. The predicted octanol–water partition coefficient (Wildman–Crippen LogP) is 0.883. The third-order valence-electron chi connectivity index (χ3n) is 4.31. The highest BCUT2D eigenvalue weighted by molar-refractivity contribution is 5.95. The smallest absolute Gasteiger partial charge is 0.254 e. The van der Waals surface area contributed by atoms with Crippen LogP contribution >= 0.6 is 0 Å². The van der Waals surface area contributed by atoms with E-state index < -0.39 is 0 Å². The normalized spacial score (nSPS) is 16.2. The summed E-state index contributed by atoms with van der Waals surface area (Å²) >= 11 is 0. The number of hydrogen-bond donors (Lipinski definition) is 1. The third kappa shape index (κ3) is 3.82. The molecule has 6 nitrogen and oxygen atoms in total. The molecule has 1 fully saturated rings. The van der Waals surface area contributed by atoms with Gasteiger partial charge in [-0.3, -0.25) is 9.59 Å². The molecular weight excluding hydrogens is 294 g/mol. The van der Waals surface area contributed by atoms with Crippen LogP contribution in [-0.4, -0.2) is 61.4 Å². The summed E-state index contributed by atoms with van der Waals surface area (Å²) in [6.45, 7) is 6.31. The Labute approximate surface area is 137 Å². The van der Waals surface area contributed by atoms with Gasteiger partial charge in [-0.2, -0.15) is 0 Å². The predicted molar refractivity (Wildman–Crippen MR) is 88.4 cm³/mol. The zero-order valence-corrected chi connectivity index (χ0v) is 14.0. The molecule has 0 aromatic heterocycles.